The Labute approximate surface area is 208 Å². The van der Waals surface area contributed by atoms with Gasteiger partial charge in [-0.25, -0.2) is 14.8 Å². The maximum atomic E-state index is 14.6. The average molecular weight is 508 g/mol. The summed E-state index contributed by atoms with van der Waals surface area (Å²) in [4.78, 5) is 28.0. The maximum absolute atomic E-state index is 14.6. The molecule has 0 saturated heterocycles. The van der Waals surface area contributed by atoms with Crippen molar-refractivity contribution >= 4 is 52.1 Å². The van der Waals surface area contributed by atoms with Gasteiger partial charge in [0.05, 0.1) is 24.1 Å². The van der Waals surface area contributed by atoms with Gasteiger partial charge in [0, 0.05) is 34.5 Å². The first kappa shape index (κ1) is 24.6. The van der Waals surface area contributed by atoms with Crippen LogP contribution in [0.2, 0.25) is 5.02 Å². The fourth-order valence-electron chi connectivity index (χ4n) is 3.81. The molecule has 0 radical (unpaired) electrons. The smallest absolute Gasteiger partial charge is 0.268 e. The highest BCUT2D eigenvalue weighted by molar-refractivity contribution is 7.75. The van der Waals surface area contributed by atoms with Crippen LogP contribution in [0, 0.1) is 6.57 Å². The molecule has 1 amide bonds. The third-order valence-electron chi connectivity index (χ3n) is 5.65. The lowest BCUT2D eigenvalue weighted by atomic mass is 10.0. The lowest BCUT2D eigenvalue weighted by Crippen LogP contribution is -2.30. The fourth-order valence-corrected chi connectivity index (χ4v) is 6.21. The number of H-pyrrole nitrogens is 1. The van der Waals surface area contributed by atoms with Gasteiger partial charge in [-0.1, -0.05) is 37.1 Å². The van der Waals surface area contributed by atoms with Gasteiger partial charge in [0.2, 0.25) is 0 Å². The van der Waals surface area contributed by atoms with Gasteiger partial charge in [-0.05, 0) is 42.3 Å². The molecule has 2 heterocycles. The Morgan fingerprint density at radius 2 is 2.06 bits per heavy atom. The second kappa shape index (κ2) is 10.0. The first-order valence-corrected chi connectivity index (χ1v) is 12.8. The second-order valence-corrected chi connectivity index (χ2v) is 11.1. The monoisotopic (exact) mass is 507 g/mol. The van der Waals surface area contributed by atoms with Crippen LogP contribution in [0.15, 0.2) is 55.0 Å². The van der Waals surface area contributed by atoms with Crippen LogP contribution >= 0.6 is 19.0 Å². The number of nitrogens with one attached hydrogen (secondary N) is 2. The number of fused-ring (bicyclic) bond motifs is 1. The number of aromatic amines is 1. The molecule has 0 spiro atoms. The van der Waals surface area contributed by atoms with Gasteiger partial charge in [-0.3, -0.25) is 9.36 Å². The SMILES string of the molecule is [C-]#[N+]c1cc(C(C)C)cc(P(=O)(OC)c2c(C(=O)NCc3ccncn3)[nH]c3ccc(Cl)cc23)c1. The minimum absolute atomic E-state index is 0.0915. The zero-order valence-electron chi connectivity index (χ0n) is 19.4. The van der Waals surface area contributed by atoms with Crippen LogP contribution < -0.4 is 15.9 Å². The summed E-state index contributed by atoms with van der Waals surface area (Å²) in [6.45, 7) is 11.6. The summed E-state index contributed by atoms with van der Waals surface area (Å²) in [7, 11) is -2.50. The largest absolute Gasteiger partial charge is 0.350 e. The third kappa shape index (κ3) is 4.85. The topological polar surface area (TPSA) is 101 Å². The number of aromatic nitrogens is 3. The van der Waals surface area contributed by atoms with Gasteiger partial charge in [0.1, 0.15) is 12.0 Å². The number of carbonyl (C=O) groups excluding carboxylic acids is 1. The standard InChI is InChI=1S/C25H23ClN5O3P/c1-15(2)16-9-19(27-3)12-20(10-16)35(33,34-4)24-21-11-17(26)5-6-22(21)31-23(24)25(32)29-13-18-7-8-28-14-30-18/h5-12,14-15,31H,13H2,1-2,4H3,(H,29,32). The van der Waals surface area contributed by atoms with Crippen molar-refractivity contribution in [1.29, 1.82) is 0 Å². The molecular weight excluding hydrogens is 485 g/mol. The molecule has 8 nitrogen and oxygen atoms in total. The highest BCUT2D eigenvalue weighted by Gasteiger charge is 2.36. The van der Waals surface area contributed by atoms with Gasteiger partial charge >= 0.3 is 0 Å². The maximum Gasteiger partial charge on any atom is 0.268 e. The number of amides is 1. The molecule has 10 heteroatoms. The van der Waals surface area contributed by atoms with Crippen molar-refractivity contribution < 1.29 is 13.9 Å². The zero-order chi connectivity index (χ0) is 25.2. The minimum Gasteiger partial charge on any atom is -0.350 e. The summed E-state index contributed by atoms with van der Waals surface area (Å²) >= 11 is 6.28. The summed E-state index contributed by atoms with van der Waals surface area (Å²) in [5, 5.41) is 4.28. The summed E-state index contributed by atoms with van der Waals surface area (Å²) in [6.07, 6.45) is 2.98. The van der Waals surface area contributed by atoms with E-state index in [0.717, 1.165) is 5.56 Å². The highest BCUT2D eigenvalue weighted by atomic mass is 35.5. The number of benzene rings is 2. The molecule has 0 saturated carbocycles. The molecule has 1 unspecified atom stereocenters. The number of hydrogen-bond acceptors (Lipinski definition) is 5. The van der Waals surface area contributed by atoms with E-state index in [1.807, 2.05) is 13.8 Å². The molecule has 2 aromatic carbocycles. The Balaban J connectivity index is 1.90. The predicted molar refractivity (Wildman–Crippen MR) is 137 cm³/mol. The van der Waals surface area contributed by atoms with E-state index < -0.39 is 13.3 Å². The van der Waals surface area contributed by atoms with Crippen LogP contribution in [0.5, 0.6) is 0 Å². The molecule has 2 aromatic heterocycles. The Morgan fingerprint density at radius 1 is 1.26 bits per heavy atom. The number of hydrogen-bond donors (Lipinski definition) is 2. The normalized spacial score (nSPS) is 12.9. The van der Waals surface area contributed by atoms with Crippen molar-refractivity contribution in [1.82, 2.24) is 20.3 Å². The van der Waals surface area contributed by atoms with Crippen LogP contribution in [0.25, 0.3) is 15.7 Å². The summed E-state index contributed by atoms with van der Waals surface area (Å²) in [6, 6.07) is 11.8. The van der Waals surface area contributed by atoms with Crippen LogP contribution in [0.3, 0.4) is 0 Å². The van der Waals surface area contributed by atoms with Crippen LogP contribution in [0.1, 0.15) is 41.5 Å². The highest BCUT2D eigenvalue weighted by Crippen LogP contribution is 2.48. The average Bonchev–Trinajstić information content (AvgIpc) is 3.26. The number of nitrogens with zero attached hydrogens (tertiary/aromatic N) is 3. The number of carbonyl (C=O) groups is 1. The first-order chi connectivity index (χ1) is 16.8. The molecule has 0 aliphatic rings. The minimum atomic E-state index is -3.84. The molecule has 35 heavy (non-hydrogen) atoms. The Morgan fingerprint density at radius 3 is 2.71 bits per heavy atom. The van der Waals surface area contributed by atoms with E-state index in [1.165, 1.54) is 13.4 Å². The molecule has 4 rings (SSSR count). The molecule has 0 fully saturated rings. The van der Waals surface area contributed by atoms with E-state index in [1.54, 1.807) is 48.7 Å². The number of rotatable bonds is 7. The van der Waals surface area contributed by atoms with Crippen molar-refractivity contribution in [3.63, 3.8) is 0 Å². The second-order valence-electron chi connectivity index (χ2n) is 8.21. The lowest BCUT2D eigenvalue weighted by Gasteiger charge is -2.20. The molecule has 1 atom stereocenters. The molecule has 0 aliphatic heterocycles. The summed E-state index contributed by atoms with van der Waals surface area (Å²) in [5.74, 6) is -0.387. The van der Waals surface area contributed by atoms with E-state index in [9.17, 15) is 9.36 Å². The third-order valence-corrected chi connectivity index (χ3v) is 8.39. The van der Waals surface area contributed by atoms with Crippen molar-refractivity contribution in [2.24, 2.45) is 0 Å². The summed E-state index contributed by atoms with van der Waals surface area (Å²) in [5.41, 5.74) is 2.49. The van der Waals surface area contributed by atoms with Crippen LogP contribution in [-0.2, 0) is 15.6 Å². The quantitative estimate of drug-likeness (QED) is 0.268. The summed E-state index contributed by atoms with van der Waals surface area (Å²) < 4.78 is 20.3. The van der Waals surface area contributed by atoms with Crippen molar-refractivity contribution in [3.8, 4) is 0 Å². The fraction of sp³-hybridized carbons (Fsp3) is 0.200. The molecule has 0 bridgehead atoms. The van der Waals surface area contributed by atoms with E-state index in [2.05, 4.69) is 25.1 Å². The van der Waals surface area contributed by atoms with Gasteiger partial charge in [-0.2, -0.15) is 0 Å². The molecular formula is C25H23ClN5O3P. The van der Waals surface area contributed by atoms with Gasteiger partial charge < -0.3 is 14.8 Å². The predicted octanol–water partition coefficient (Wildman–Crippen LogP) is 5.09. The van der Waals surface area contributed by atoms with Crippen LogP contribution in [-0.4, -0.2) is 28.0 Å². The van der Waals surface area contributed by atoms with Crippen molar-refractivity contribution in [3.05, 3.63) is 88.4 Å². The van der Waals surface area contributed by atoms with Gasteiger partial charge in [0.15, 0.2) is 5.69 Å². The Hall–Kier alpha value is -3.50. The van der Waals surface area contributed by atoms with E-state index in [-0.39, 0.29) is 23.5 Å². The lowest BCUT2D eigenvalue weighted by molar-refractivity contribution is 0.0947. The van der Waals surface area contributed by atoms with Gasteiger partial charge in [-0.15, -0.1) is 0 Å². The molecule has 178 valence electrons. The van der Waals surface area contributed by atoms with Crippen molar-refractivity contribution in [2.45, 2.75) is 26.3 Å². The number of halogens is 1. The molecule has 0 aliphatic carbocycles. The van der Waals surface area contributed by atoms with Crippen LogP contribution in [0.4, 0.5) is 5.69 Å². The molecule has 4 aromatic rings. The Kier molecular flexibility index (Phi) is 7.04. The van der Waals surface area contributed by atoms with Gasteiger partial charge in [0.25, 0.3) is 13.3 Å². The van der Waals surface area contributed by atoms with E-state index in [0.29, 0.717) is 32.6 Å². The van der Waals surface area contributed by atoms with Crippen molar-refractivity contribution in [2.75, 3.05) is 7.11 Å². The molecule has 2 N–H and O–H groups in total. The first-order valence-electron chi connectivity index (χ1n) is 10.8. The van der Waals surface area contributed by atoms with E-state index in [4.69, 9.17) is 22.7 Å². The Bertz CT molecular complexity index is 1490. The van der Waals surface area contributed by atoms with E-state index >= 15 is 0 Å². The zero-order valence-corrected chi connectivity index (χ0v) is 21.0.